The highest BCUT2D eigenvalue weighted by atomic mass is 32.1. The molecule has 0 aliphatic heterocycles. The van der Waals surface area contributed by atoms with E-state index < -0.39 is 0 Å². The third-order valence-electron chi connectivity index (χ3n) is 3.27. The fourth-order valence-electron chi connectivity index (χ4n) is 2.38. The van der Waals surface area contributed by atoms with Gasteiger partial charge >= 0.3 is 0 Å². The van der Waals surface area contributed by atoms with E-state index in [-0.39, 0.29) is 5.91 Å². The molecule has 1 aromatic heterocycles. The van der Waals surface area contributed by atoms with Crippen LogP contribution in [0.25, 0.3) is 0 Å². The molecule has 1 heterocycles. The predicted molar refractivity (Wildman–Crippen MR) is 76.0 cm³/mol. The van der Waals surface area contributed by atoms with Crippen molar-refractivity contribution in [3.63, 3.8) is 0 Å². The molecule has 2 rings (SSSR count). The van der Waals surface area contributed by atoms with E-state index in [2.05, 4.69) is 18.9 Å². The van der Waals surface area contributed by atoms with Crippen LogP contribution in [0, 0.1) is 12.3 Å². The van der Waals surface area contributed by atoms with Crippen LogP contribution in [0.4, 0.5) is 0 Å². The van der Waals surface area contributed by atoms with E-state index >= 15 is 0 Å². The maximum absolute atomic E-state index is 12.4. The van der Waals surface area contributed by atoms with Gasteiger partial charge < -0.3 is 4.90 Å². The van der Waals surface area contributed by atoms with E-state index in [0.29, 0.717) is 6.54 Å². The number of aryl methyl sites for hydroxylation is 2. The zero-order valence-electron chi connectivity index (χ0n) is 10.9. The third-order valence-corrected chi connectivity index (χ3v) is 4.50. The smallest absolute Gasteiger partial charge is 0.264 e. The van der Waals surface area contributed by atoms with Crippen LogP contribution in [0.1, 0.15) is 46.3 Å². The van der Waals surface area contributed by atoms with Gasteiger partial charge in [0.25, 0.3) is 5.91 Å². The van der Waals surface area contributed by atoms with Gasteiger partial charge in [0, 0.05) is 11.4 Å². The van der Waals surface area contributed by atoms with Crippen molar-refractivity contribution in [1.29, 1.82) is 0 Å². The van der Waals surface area contributed by atoms with Crippen LogP contribution in [-0.4, -0.2) is 23.9 Å². The van der Waals surface area contributed by atoms with Crippen LogP contribution in [0.3, 0.4) is 0 Å². The molecule has 3 heteroatoms. The summed E-state index contributed by atoms with van der Waals surface area (Å²) < 4.78 is 0. The molecule has 0 unspecified atom stereocenters. The Kier molecular flexibility index (Phi) is 4.43. The lowest BCUT2D eigenvalue weighted by atomic mass is 9.99. The largest absolute Gasteiger partial charge is 0.327 e. The topological polar surface area (TPSA) is 20.3 Å². The lowest BCUT2D eigenvalue weighted by molar-refractivity contribution is 0.0781. The minimum Gasteiger partial charge on any atom is -0.327 e. The second-order valence-electron chi connectivity index (χ2n) is 4.70. The number of amides is 1. The molecule has 1 amide bonds. The lowest BCUT2D eigenvalue weighted by Crippen LogP contribution is -2.31. The molecule has 1 aliphatic carbocycles. The monoisotopic (exact) mass is 261 g/mol. The van der Waals surface area contributed by atoms with Crippen LogP contribution in [0.15, 0.2) is 6.07 Å². The molecule has 0 atom stereocenters. The van der Waals surface area contributed by atoms with Gasteiger partial charge in [-0.2, -0.15) is 0 Å². The molecular weight excluding hydrogens is 242 g/mol. The molecule has 1 aliphatic rings. The standard InChI is InChI=1S/C15H19NOS/c1-3-9-16(10-4-2)15(17)14-11-12-7-5-6-8-13(12)18-14/h1,11H,4-10H2,2H3. The Morgan fingerprint density at radius 1 is 1.50 bits per heavy atom. The first-order valence-corrected chi connectivity index (χ1v) is 7.42. The quantitative estimate of drug-likeness (QED) is 0.763. The van der Waals surface area contributed by atoms with Crippen LogP contribution in [0.2, 0.25) is 0 Å². The summed E-state index contributed by atoms with van der Waals surface area (Å²) in [7, 11) is 0. The summed E-state index contributed by atoms with van der Waals surface area (Å²) in [6.45, 7) is 3.22. The Morgan fingerprint density at radius 3 is 2.94 bits per heavy atom. The molecule has 0 radical (unpaired) electrons. The number of rotatable bonds is 4. The maximum Gasteiger partial charge on any atom is 0.264 e. The van der Waals surface area contributed by atoms with Crippen LogP contribution in [0.5, 0.6) is 0 Å². The Hall–Kier alpha value is -1.27. The SMILES string of the molecule is C#CCN(CCC)C(=O)c1cc2c(s1)CCCC2. The minimum absolute atomic E-state index is 0.106. The van der Waals surface area contributed by atoms with Gasteiger partial charge in [-0.25, -0.2) is 0 Å². The summed E-state index contributed by atoms with van der Waals surface area (Å²) in [5.74, 6) is 2.68. The summed E-state index contributed by atoms with van der Waals surface area (Å²) in [4.78, 5) is 16.4. The first kappa shape index (κ1) is 13.2. The maximum atomic E-state index is 12.4. The van der Waals surface area contributed by atoms with E-state index in [1.54, 1.807) is 16.2 Å². The number of fused-ring (bicyclic) bond motifs is 1. The van der Waals surface area contributed by atoms with Gasteiger partial charge in [0.2, 0.25) is 0 Å². The second kappa shape index (κ2) is 6.06. The number of terminal acetylenes is 1. The van der Waals surface area contributed by atoms with Crippen LogP contribution in [-0.2, 0) is 12.8 Å². The number of carbonyl (C=O) groups excluding carboxylic acids is 1. The van der Waals surface area contributed by atoms with Gasteiger partial charge in [0.15, 0.2) is 0 Å². The molecule has 1 aromatic rings. The van der Waals surface area contributed by atoms with Gasteiger partial charge in [-0.05, 0) is 43.7 Å². The van der Waals surface area contributed by atoms with Crippen LogP contribution >= 0.6 is 11.3 Å². The molecule has 0 saturated heterocycles. The number of nitrogens with zero attached hydrogens (tertiary/aromatic N) is 1. The molecule has 0 saturated carbocycles. The molecule has 0 aromatic carbocycles. The van der Waals surface area contributed by atoms with Gasteiger partial charge in [0.05, 0.1) is 11.4 Å². The average Bonchev–Trinajstić information content (AvgIpc) is 2.81. The van der Waals surface area contributed by atoms with Crippen molar-refractivity contribution in [2.75, 3.05) is 13.1 Å². The number of thiophene rings is 1. The summed E-state index contributed by atoms with van der Waals surface area (Å²) >= 11 is 1.66. The van der Waals surface area contributed by atoms with Crippen LogP contribution < -0.4 is 0 Å². The Balaban J connectivity index is 2.16. The number of hydrogen-bond acceptors (Lipinski definition) is 2. The van der Waals surface area contributed by atoms with Gasteiger partial charge in [-0.3, -0.25) is 4.79 Å². The number of hydrogen-bond donors (Lipinski definition) is 0. The van der Waals surface area contributed by atoms with E-state index in [1.165, 1.54) is 23.3 Å². The Bertz CT molecular complexity index is 446. The van der Waals surface area contributed by atoms with Crippen molar-refractivity contribution in [1.82, 2.24) is 4.90 Å². The van der Waals surface area contributed by atoms with E-state index in [0.717, 1.165) is 30.7 Å². The first-order valence-electron chi connectivity index (χ1n) is 6.60. The molecular formula is C15H19NOS. The van der Waals surface area contributed by atoms with E-state index in [4.69, 9.17) is 6.42 Å². The molecule has 18 heavy (non-hydrogen) atoms. The fraction of sp³-hybridized carbons (Fsp3) is 0.533. The summed E-state index contributed by atoms with van der Waals surface area (Å²) in [6, 6.07) is 2.08. The highest BCUT2D eigenvalue weighted by Gasteiger charge is 2.20. The van der Waals surface area contributed by atoms with Crippen molar-refractivity contribution < 1.29 is 4.79 Å². The zero-order valence-corrected chi connectivity index (χ0v) is 11.7. The molecule has 96 valence electrons. The molecule has 0 bridgehead atoms. The number of carbonyl (C=O) groups is 1. The highest BCUT2D eigenvalue weighted by Crippen LogP contribution is 2.30. The summed E-state index contributed by atoms with van der Waals surface area (Å²) in [5.41, 5.74) is 1.38. The lowest BCUT2D eigenvalue weighted by Gasteiger charge is -2.18. The molecule has 0 N–H and O–H groups in total. The summed E-state index contributed by atoms with van der Waals surface area (Å²) in [6.07, 6.45) is 11.0. The first-order chi connectivity index (χ1) is 8.76. The molecule has 0 fully saturated rings. The van der Waals surface area contributed by atoms with E-state index in [9.17, 15) is 4.79 Å². The summed E-state index contributed by atoms with van der Waals surface area (Å²) in [5, 5.41) is 0. The molecule has 0 spiro atoms. The van der Waals surface area contributed by atoms with Crippen molar-refractivity contribution in [2.45, 2.75) is 39.0 Å². The Morgan fingerprint density at radius 2 is 2.28 bits per heavy atom. The third kappa shape index (κ3) is 2.76. The second-order valence-corrected chi connectivity index (χ2v) is 5.83. The van der Waals surface area contributed by atoms with Gasteiger partial charge in [-0.15, -0.1) is 17.8 Å². The average molecular weight is 261 g/mol. The van der Waals surface area contributed by atoms with Gasteiger partial charge in [0.1, 0.15) is 0 Å². The zero-order chi connectivity index (χ0) is 13.0. The normalized spacial score (nSPS) is 13.8. The van der Waals surface area contributed by atoms with Crippen molar-refractivity contribution in [3.8, 4) is 12.3 Å². The van der Waals surface area contributed by atoms with Gasteiger partial charge in [-0.1, -0.05) is 12.8 Å². The predicted octanol–water partition coefficient (Wildman–Crippen LogP) is 3.11. The molecule has 2 nitrogen and oxygen atoms in total. The van der Waals surface area contributed by atoms with E-state index in [1.807, 2.05) is 0 Å². The highest BCUT2D eigenvalue weighted by molar-refractivity contribution is 7.14. The Labute approximate surface area is 113 Å². The van der Waals surface area contributed by atoms with Crippen molar-refractivity contribution in [2.24, 2.45) is 0 Å². The fourth-order valence-corrected chi connectivity index (χ4v) is 3.61. The van der Waals surface area contributed by atoms with Crippen molar-refractivity contribution in [3.05, 3.63) is 21.4 Å². The minimum atomic E-state index is 0.106. The van der Waals surface area contributed by atoms with Crippen molar-refractivity contribution >= 4 is 17.2 Å².